The van der Waals surface area contributed by atoms with Crippen molar-refractivity contribution >= 4 is 20.2 Å². The Hall–Kier alpha value is -0.0966. The first-order chi connectivity index (χ1) is 11.1. The van der Waals surface area contributed by atoms with Crippen LogP contribution in [-0.4, -0.2) is 53.4 Å². The van der Waals surface area contributed by atoms with Gasteiger partial charge in [-0.05, 0) is 29.6 Å². The fraction of sp³-hybridized carbons (Fsp3) is 0.583. The van der Waals surface area contributed by atoms with Crippen molar-refractivity contribution < 1.29 is 88.2 Å². The molecule has 0 heterocycles. The molecule has 0 aromatic rings. The fourth-order valence-electron chi connectivity index (χ4n) is 1.41. The van der Waals surface area contributed by atoms with Crippen LogP contribution in [0.1, 0.15) is 34.6 Å². The van der Waals surface area contributed by atoms with E-state index >= 15 is 0 Å². The summed E-state index contributed by atoms with van der Waals surface area (Å²) in [7, 11) is -12.2. The number of rotatable bonds is 0. The minimum atomic E-state index is -6.09. The van der Waals surface area contributed by atoms with Crippen molar-refractivity contribution in [3.05, 3.63) is 29.6 Å². The Labute approximate surface area is 183 Å². The molecule has 18 heteroatoms. The van der Waals surface area contributed by atoms with Gasteiger partial charge in [-0.25, -0.2) is 16.8 Å². The SMILES string of the molecule is C[C]1[C](C)[C](C)[C](C)[C]1C.O.O.O.O=S(=O)([O-])C(F)(F)F.O=S(=O)([O-])C(F)(F)F.[Rh+3]. The van der Waals surface area contributed by atoms with Gasteiger partial charge in [0.2, 0.25) is 0 Å². The molecule has 0 aromatic heterocycles. The van der Waals surface area contributed by atoms with Gasteiger partial charge in [0.1, 0.15) is 0 Å². The maximum atomic E-state index is 10.7. The Morgan fingerprint density at radius 3 is 0.633 bits per heavy atom. The summed E-state index contributed by atoms with van der Waals surface area (Å²) in [6, 6.07) is 0. The van der Waals surface area contributed by atoms with E-state index in [1.807, 2.05) is 0 Å². The van der Waals surface area contributed by atoms with E-state index in [4.69, 9.17) is 25.9 Å². The molecule has 0 spiro atoms. The average Bonchev–Trinajstić information content (AvgIpc) is 2.54. The molecule has 0 atom stereocenters. The second-order valence-electron chi connectivity index (χ2n) is 4.92. The average molecular weight is 590 g/mol. The molecule has 0 saturated heterocycles. The van der Waals surface area contributed by atoms with E-state index in [0.29, 0.717) is 0 Å². The molecule has 1 fully saturated rings. The second kappa shape index (κ2) is 14.9. The van der Waals surface area contributed by atoms with Gasteiger partial charge in [0, 0.05) is 0 Å². The first kappa shape index (κ1) is 43.7. The summed E-state index contributed by atoms with van der Waals surface area (Å²) in [4.78, 5) is 0. The van der Waals surface area contributed by atoms with Gasteiger partial charge >= 0.3 is 30.5 Å². The van der Waals surface area contributed by atoms with E-state index in [2.05, 4.69) is 34.6 Å². The summed E-state index contributed by atoms with van der Waals surface area (Å²) < 4.78 is 118. The molecule has 5 radical (unpaired) electrons. The van der Waals surface area contributed by atoms with Crippen molar-refractivity contribution in [3.8, 4) is 0 Å². The third-order valence-corrected chi connectivity index (χ3v) is 4.51. The van der Waals surface area contributed by atoms with Crippen molar-refractivity contribution in [1.29, 1.82) is 0 Å². The largest absolute Gasteiger partial charge is 3.00 e. The smallest absolute Gasteiger partial charge is 0.741 e. The zero-order valence-electron chi connectivity index (χ0n) is 15.9. The Morgan fingerprint density at radius 1 is 0.533 bits per heavy atom. The van der Waals surface area contributed by atoms with Crippen molar-refractivity contribution in [2.24, 2.45) is 0 Å². The minimum absolute atomic E-state index is 0. The number of alkyl halides is 6. The molecule has 30 heavy (non-hydrogen) atoms. The number of hydrogen-bond acceptors (Lipinski definition) is 6. The predicted molar refractivity (Wildman–Crippen MR) is 86.9 cm³/mol. The minimum Gasteiger partial charge on any atom is -0.741 e. The molecule has 0 aliphatic heterocycles. The summed E-state index contributed by atoms with van der Waals surface area (Å²) in [5.74, 6) is 7.34. The van der Waals surface area contributed by atoms with Crippen molar-refractivity contribution in [2.75, 3.05) is 0 Å². The molecule has 1 rings (SSSR count). The topological polar surface area (TPSA) is 209 Å². The van der Waals surface area contributed by atoms with Gasteiger partial charge in [0.15, 0.2) is 20.2 Å². The maximum absolute atomic E-state index is 10.7. The van der Waals surface area contributed by atoms with E-state index in [-0.39, 0.29) is 35.9 Å². The zero-order valence-corrected chi connectivity index (χ0v) is 19.1. The van der Waals surface area contributed by atoms with Crippen LogP contribution in [0.5, 0.6) is 0 Å². The van der Waals surface area contributed by atoms with Gasteiger partial charge in [0.25, 0.3) is 0 Å². The summed E-state index contributed by atoms with van der Waals surface area (Å²) in [5.41, 5.74) is -11.3. The summed E-state index contributed by atoms with van der Waals surface area (Å²) in [5, 5.41) is 0. The summed E-state index contributed by atoms with van der Waals surface area (Å²) in [6.45, 7) is 11.0. The van der Waals surface area contributed by atoms with Crippen LogP contribution in [0.25, 0.3) is 0 Å². The standard InChI is InChI=1S/C10H15.2CHF3O3S.3H2O.Rh/c1-6-7(2)9(4)10(5)8(6)3;2*2-1(3,4)8(5,6)7;;;;/h1-5H3;2*(H,5,6,7);3*1H2;/q;;;;;;+3/p-2. The third-order valence-electron chi connectivity index (χ3n) is 3.38. The van der Waals surface area contributed by atoms with E-state index in [1.54, 1.807) is 0 Å². The number of halogens is 6. The van der Waals surface area contributed by atoms with Crippen LogP contribution in [0.2, 0.25) is 0 Å². The molecule has 0 aromatic carbocycles. The molecule has 9 nitrogen and oxygen atoms in total. The van der Waals surface area contributed by atoms with Crippen LogP contribution in [0.4, 0.5) is 26.3 Å². The second-order valence-corrected chi connectivity index (χ2v) is 7.67. The van der Waals surface area contributed by atoms with Gasteiger partial charge < -0.3 is 25.5 Å². The van der Waals surface area contributed by atoms with Crippen molar-refractivity contribution in [1.82, 2.24) is 0 Å². The van der Waals surface area contributed by atoms with Crippen molar-refractivity contribution in [3.63, 3.8) is 0 Å². The third kappa shape index (κ3) is 14.1. The summed E-state index contributed by atoms with van der Waals surface area (Å²) in [6.07, 6.45) is 0. The zero-order chi connectivity index (χ0) is 21.9. The maximum Gasteiger partial charge on any atom is 3.00 e. The Balaban J connectivity index is -0.0000000682. The molecule has 0 unspecified atom stereocenters. The van der Waals surface area contributed by atoms with E-state index < -0.39 is 31.3 Å². The first-order valence-corrected chi connectivity index (χ1v) is 9.11. The monoisotopic (exact) mass is 590 g/mol. The van der Waals surface area contributed by atoms with Gasteiger partial charge in [-0.1, -0.05) is 34.6 Å². The predicted octanol–water partition coefficient (Wildman–Crippen LogP) is 0.598. The Bertz CT molecular complexity index is 565. The van der Waals surface area contributed by atoms with E-state index in [9.17, 15) is 26.3 Å². The fourth-order valence-corrected chi connectivity index (χ4v) is 1.41. The molecule has 1 saturated carbocycles. The Morgan fingerprint density at radius 2 is 0.600 bits per heavy atom. The van der Waals surface area contributed by atoms with Gasteiger partial charge in [-0.3, -0.25) is 0 Å². The van der Waals surface area contributed by atoms with E-state index in [0.717, 1.165) is 0 Å². The molecule has 185 valence electrons. The van der Waals surface area contributed by atoms with Crippen LogP contribution in [-0.2, 0) is 39.7 Å². The molecule has 0 bridgehead atoms. The summed E-state index contributed by atoms with van der Waals surface area (Å²) >= 11 is 0. The molecule has 1 aliphatic rings. The van der Waals surface area contributed by atoms with Crippen LogP contribution in [0, 0.1) is 29.6 Å². The van der Waals surface area contributed by atoms with E-state index in [1.165, 1.54) is 29.6 Å². The van der Waals surface area contributed by atoms with Crippen molar-refractivity contribution in [2.45, 2.75) is 45.6 Å². The van der Waals surface area contributed by atoms with Gasteiger partial charge in [-0.15, -0.1) is 0 Å². The normalized spacial score (nSPS) is 17.0. The van der Waals surface area contributed by atoms with Crippen LogP contribution < -0.4 is 0 Å². The molecular formula is C12H21F6O9RhS2+. The quantitative estimate of drug-likeness (QED) is 0.171. The number of hydrogen-bond donors (Lipinski definition) is 0. The van der Waals surface area contributed by atoms with Crippen LogP contribution >= 0.6 is 0 Å². The van der Waals surface area contributed by atoms with Gasteiger partial charge in [0.05, 0.1) is 0 Å². The molecule has 6 N–H and O–H groups in total. The Kier molecular flexibility index (Phi) is 21.7. The molecule has 0 amide bonds. The molecule has 1 aliphatic carbocycles. The first-order valence-electron chi connectivity index (χ1n) is 6.29. The van der Waals surface area contributed by atoms with Gasteiger partial charge in [-0.2, -0.15) is 26.3 Å². The molecular weight excluding hydrogens is 569 g/mol. The van der Waals surface area contributed by atoms with Crippen LogP contribution in [0.15, 0.2) is 0 Å². The van der Waals surface area contributed by atoms with Crippen LogP contribution in [0.3, 0.4) is 0 Å².